The smallest absolute Gasteiger partial charge is 0.870 e. The van der Waals surface area contributed by atoms with E-state index in [1.165, 1.54) is 0 Å². The van der Waals surface area contributed by atoms with Gasteiger partial charge in [-0.1, -0.05) is 0 Å². The van der Waals surface area contributed by atoms with Crippen molar-refractivity contribution in [2.75, 3.05) is 0 Å². The summed E-state index contributed by atoms with van der Waals surface area (Å²) in [6.45, 7) is 0. The molecule has 0 heterocycles. The summed E-state index contributed by atoms with van der Waals surface area (Å²) in [5, 5.41) is 14.8. The fraction of sp³-hybridized carbons (Fsp3) is 0. The second kappa shape index (κ2) is 16.3. The van der Waals surface area contributed by atoms with Crippen LogP contribution in [0.3, 0.4) is 0 Å². The van der Waals surface area contributed by atoms with Crippen LogP contribution in [0.2, 0.25) is 0 Å². The van der Waals surface area contributed by atoms with Crippen molar-refractivity contribution >= 4 is 34.7 Å². The van der Waals surface area contributed by atoms with E-state index in [1.54, 1.807) is 0 Å². The Labute approximate surface area is 61.0 Å². The third-order valence-electron chi connectivity index (χ3n) is 0. The molecule has 0 bridgehead atoms. The summed E-state index contributed by atoms with van der Waals surface area (Å²) >= 11 is 0. The number of hydrogen-bond donors (Lipinski definition) is 0. The van der Waals surface area contributed by atoms with Gasteiger partial charge in [-0.15, -0.1) is 0 Å². The Morgan fingerprint density at radius 3 is 1.14 bits per heavy atom. The Kier molecular flexibility index (Phi) is 62.8. The maximum absolute atomic E-state index is 8.25. The Hall–Kier alpha value is 0.225. The maximum Gasteiger partial charge on any atom is 3.00 e. The molecule has 0 aromatic rings. The molecule has 0 amide bonds. The molecule has 0 aliphatic rings. The molecular weight excluding hydrogens is 132 g/mol. The molecule has 0 rings (SSSR count). The van der Waals surface area contributed by atoms with E-state index in [0.29, 0.717) is 0 Å². The normalized spacial score (nSPS) is 3.43. The van der Waals surface area contributed by atoms with Crippen LogP contribution < -0.4 is 0 Å². The molecule has 0 atom stereocenters. The molecule has 0 saturated heterocycles. The van der Waals surface area contributed by atoms with Gasteiger partial charge in [-0.25, -0.2) is 0 Å². The van der Waals surface area contributed by atoms with Gasteiger partial charge in [-0.05, 0) is 0 Å². The first-order chi connectivity index (χ1) is 1.73. The summed E-state index contributed by atoms with van der Waals surface area (Å²) in [6.07, 6.45) is 0. The summed E-state index contributed by atoms with van der Waals surface area (Å²) in [5.41, 5.74) is 0. The zero-order valence-electron chi connectivity index (χ0n) is 3.27. The standard InChI is InChI=1S/2Al.NO3.H2O/c;;2-1(3)4;/h;;;1H2/q2*+3;-1;/p-1. The Morgan fingerprint density at radius 2 is 1.14 bits per heavy atom. The van der Waals surface area contributed by atoms with E-state index < -0.39 is 5.09 Å². The van der Waals surface area contributed by atoms with Crippen molar-refractivity contribution in [3.63, 3.8) is 0 Å². The Morgan fingerprint density at radius 1 is 1.14 bits per heavy atom. The largest absolute Gasteiger partial charge is 3.00 e. The molecule has 0 saturated carbocycles. The third-order valence-corrected chi connectivity index (χ3v) is 0. The second-order valence-corrected chi connectivity index (χ2v) is 0.224. The summed E-state index contributed by atoms with van der Waals surface area (Å²) in [4.78, 5) is 8.25. The molecule has 0 fully saturated rings. The fourth-order valence-corrected chi connectivity index (χ4v) is 0. The molecule has 0 aromatic carbocycles. The van der Waals surface area contributed by atoms with Gasteiger partial charge in [-0.3, -0.25) is 0 Å². The van der Waals surface area contributed by atoms with Crippen LogP contribution in [0.5, 0.6) is 0 Å². The first kappa shape index (κ1) is 26.9. The van der Waals surface area contributed by atoms with Gasteiger partial charge in [0, 0.05) is 0 Å². The van der Waals surface area contributed by atoms with Crippen LogP contribution in [-0.2, 0) is 0 Å². The molecule has 5 nitrogen and oxygen atoms in total. The van der Waals surface area contributed by atoms with Crippen molar-refractivity contribution < 1.29 is 10.6 Å². The van der Waals surface area contributed by atoms with Gasteiger partial charge in [-0.2, -0.15) is 0 Å². The van der Waals surface area contributed by atoms with E-state index in [2.05, 4.69) is 0 Å². The van der Waals surface area contributed by atoms with Crippen molar-refractivity contribution in [1.29, 1.82) is 0 Å². The average molecular weight is 133 g/mol. The second-order valence-electron chi connectivity index (χ2n) is 0.224. The molecule has 1 N–H and O–H groups in total. The minimum Gasteiger partial charge on any atom is -0.870 e. The van der Waals surface area contributed by atoms with E-state index in [0.717, 1.165) is 0 Å². The van der Waals surface area contributed by atoms with Gasteiger partial charge < -0.3 is 20.8 Å². The molecule has 7 heavy (non-hydrogen) atoms. The monoisotopic (exact) mass is 133 g/mol. The molecule has 32 valence electrons. The number of rotatable bonds is 0. The summed E-state index contributed by atoms with van der Waals surface area (Å²) in [6, 6.07) is 0. The number of nitrogens with zero attached hydrogens (tertiary/aromatic N) is 1. The van der Waals surface area contributed by atoms with E-state index in [1.807, 2.05) is 0 Å². The maximum atomic E-state index is 8.25. The predicted octanol–water partition coefficient (Wildman–Crippen LogP) is -1.18. The van der Waals surface area contributed by atoms with E-state index in [9.17, 15) is 0 Å². The van der Waals surface area contributed by atoms with Gasteiger partial charge in [0.25, 0.3) is 0 Å². The van der Waals surface area contributed by atoms with Crippen LogP contribution in [0, 0.1) is 15.3 Å². The molecule has 0 unspecified atom stereocenters. The van der Waals surface area contributed by atoms with Gasteiger partial charge in [0.2, 0.25) is 0 Å². The van der Waals surface area contributed by atoms with Crippen LogP contribution in [0.1, 0.15) is 0 Å². The first-order valence-electron chi connectivity index (χ1n) is 0.548. The molecular formula is HAl2NO4+4. The van der Waals surface area contributed by atoms with Crippen LogP contribution in [0.25, 0.3) is 0 Å². The summed E-state index contributed by atoms with van der Waals surface area (Å²) in [5.74, 6) is 0. The summed E-state index contributed by atoms with van der Waals surface area (Å²) < 4.78 is 0. The van der Waals surface area contributed by atoms with Crippen molar-refractivity contribution in [2.24, 2.45) is 0 Å². The zero-order valence-corrected chi connectivity index (χ0v) is 5.58. The van der Waals surface area contributed by atoms with Crippen molar-refractivity contribution in [3.8, 4) is 0 Å². The van der Waals surface area contributed by atoms with Crippen molar-refractivity contribution in [1.82, 2.24) is 0 Å². The average Bonchev–Trinajstić information content (AvgIpc) is 0.811. The van der Waals surface area contributed by atoms with Gasteiger partial charge >= 0.3 is 34.7 Å². The minimum atomic E-state index is -1.75. The molecule has 0 spiro atoms. The Balaban J connectivity index is -0.0000000150. The van der Waals surface area contributed by atoms with Gasteiger partial charge in [0.05, 0.1) is 5.09 Å². The topological polar surface area (TPSA) is 96.2 Å². The molecule has 0 aliphatic heterocycles. The third kappa shape index (κ3) is 2200. The van der Waals surface area contributed by atoms with Gasteiger partial charge in [0.1, 0.15) is 0 Å². The Bertz CT molecular complexity index is 32.7. The van der Waals surface area contributed by atoms with Crippen LogP contribution in [-0.4, -0.2) is 45.3 Å². The molecule has 0 aromatic heterocycles. The first-order valence-corrected chi connectivity index (χ1v) is 0.548. The van der Waals surface area contributed by atoms with E-state index >= 15 is 0 Å². The molecule has 0 aliphatic carbocycles. The van der Waals surface area contributed by atoms with E-state index in [4.69, 9.17) is 15.3 Å². The van der Waals surface area contributed by atoms with Crippen LogP contribution >= 0.6 is 0 Å². The molecule has 7 heteroatoms. The fourth-order valence-electron chi connectivity index (χ4n) is 0. The quantitative estimate of drug-likeness (QED) is 0.236. The predicted molar refractivity (Wildman–Crippen MR) is 23.8 cm³/mol. The van der Waals surface area contributed by atoms with Crippen molar-refractivity contribution in [2.45, 2.75) is 0 Å². The minimum absolute atomic E-state index is 0. The zero-order chi connectivity index (χ0) is 3.58. The number of hydrogen-bond acceptors (Lipinski definition) is 4. The van der Waals surface area contributed by atoms with Crippen LogP contribution in [0.15, 0.2) is 0 Å². The van der Waals surface area contributed by atoms with E-state index in [-0.39, 0.29) is 40.2 Å². The van der Waals surface area contributed by atoms with Gasteiger partial charge in [0.15, 0.2) is 0 Å². The van der Waals surface area contributed by atoms with Crippen LogP contribution in [0.4, 0.5) is 0 Å². The molecule has 0 radical (unpaired) electrons. The SMILES string of the molecule is O=[N+]([O-])[O-].[Al+3].[Al+3].[OH-]. The van der Waals surface area contributed by atoms with Crippen molar-refractivity contribution in [3.05, 3.63) is 15.3 Å². The summed E-state index contributed by atoms with van der Waals surface area (Å²) in [7, 11) is 0.